The van der Waals surface area contributed by atoms with Crippen molar-refractivity contribution in [1.29, 1.82) is 21.0 Å². The summed E-state index contributed by atoms with van der Waals surface area (Å²) < 4.78 is 48.4. The van der Waals surface area contributed by atoms with Crippen LogP contribution in [0.15, 0.2) is 170 Å². The molecule has 0 spiro atoms. The molecule has 12 aromatic rings. The fourth-order valence-corrected chi connectivity index (χ4v) is 14.6. The Balaban J connectivity index is 0.000000187. The number of nitrogens with one attached hydrogen (secondary N) is 7. The lowest BCUT2D eigenvalue weighted by atomic mass is 10.1. The van der Waals surface area contributed by atoms with Crippen molar-refractivity contribution < 1.29 is 47.3 Å². The van der Waals surface area contributed by atoms with E-state index in [2.05, 4.69) is 114 Å². The normalized spacial score (nSPS) is 10.7. The van der Waals surface area contributed by atoms with Gasteiger partial charge in [0.1, 0.15) is 60.6 Å². The van der Waals surface area contributed by atoms with E-state index in [1.807, 2.05) is 206 Å². The van der Waals surface area contributed by atoms with Gasteiger partial charge in [0.05, 0.1) is 93.5 Å². The van der Waals surface area contributed by atoms with Gasteiger partial charge in [-0.15, -0.1) is 0 Å². The number of carbonyl (C=O) groups excluding carboxylic acids is 4. The number of hydrogen-bond donors (Lipinski definition) is 7. The molecule has 0 atom stereocenters. The first kappa shape index (κ1) is 93.9. The highest BCUT2D eigenvalue weighted by Crippen LogP contribution is 2.42. The minimum absolute atomic E-state index is 0.0633. The number of hydrogen-bond acceptors (Lipinski definition) is 13. The number of anilines is 4. The second-order valence-corrected chi connectivity index (χ2v) is 29.5. The lowest BCUT2D eigenvalue weighted by molar-refractivity contribution is 0.152. The van der Waals surface area contributed by atoms with E-state index < -0.39 is 12.8 Å². The Morgan fingerprint density at radius 1 is 0.363 bits per heavy atom. The molecule has 0 aliphatic heterocycles. The van der Waals surface area contributed by atoms with Crippen molar-refractivity contribution >= 4 is 90.5 Å². The van der Waals surface area contributed by atoms with E-state index in [1.165, 1.54) is 0 Å². The number of amides is 7. The van der Waals surface area contributed by atoms with E-state index >= 15 is 0 Å². The SMILES string of the molecule is CCCCNC(=O)Nc1ccc(-c2c(C#N)c3ccc(OCC)cc3n2CCCC)cc1.CCCCn1c(-c2ccc(NC(=O)NC(C)C)cc2)c(C#N)c2ccc(OCC)cc21.CCCCn1c(-c2ccc(NC(=O)NCC)cc2)c(C#N)c2ccc(OCC)cc21.CCCCn1c(-c2ccc(NC(=O)OCCF)cc2)c(C#N)c2ccc(OCC)cc21. The third-order valence-corrected chi connectivity index (χ3v) is 20.3. The fraction of sp³-hybridized carbons (Fsp3) is 0.354. The van der Waals surface area contributed by atoms with Gasteiger partial charge in [-0.3, -0.25) is 5.32 Å². The van der Waals surface area contributed by atoms with Gasteiger partial charge in [0.15, 0.2) is 0 Å². The van der Waals surface area contributed by atoms with Crippen LogP contribution in [0.2, 0.25) is 0 Å². The maximum atomic E-state index is 12.1. The molecular weight excluding hydrogens is 1560 g/mol. The Bertz CT molecular complexity index is 5740. The van der Waals surface area contributed by atoms with Gasteiger partial charge in [-0.25, -0.2) is 23.6 Å². The number of nitrogens with zero attached hydrogens (tertiary/aromatic N) is 8. The Morgan fingerprint density at radius 2 is 0.637 bits per heavy atom. The molecule has 24 nitrogen and oxygen atoms in total. The number of nitriles is 4. The maximum Gasteiger partial charge on any atom is 0.411 e. The number of ether oxygens (including phenoxy) is 5. The molecule has 12 rings (SSSR count). The first-order chi connectivity index (χ1) is 60.3. The van der Waals surface area contributed by atoms with Crippen LogP contribution in [0.4, 0.5) is 46.3 Å². The molecule has 25 heteroatoms. The largest absolute Gasteiger partial charge is 0.494 e. The van der Waals surface area contributed by atoms with E-state index in [4.69, 9.17) is 23.7 Å². The number of rotatable bonds is 35. The number of unbranched alkanes of at least 4 members (excludes halogenated alkanes) is 5. The number of benzene rings is 8. The summed E-state index contributed by atoms with van der Waals surface area (Å²) >= 11 is 0. The second-order valence-electron chi connectivity index (χ2n) is 29.5. The van der Waals surface area contributed by atoms with Gasteiger partial charge in [0.25, 0.3) is 0 Å². The molecule has 8 aromatic carbocycles. The molecule has 0 saturated carbocycles. The molecule has 4 heterocycles. The first-order valence-corrected chi connectivity index (χ1v) is 43.2. The van der Waals surface area contributed by atoms with Crippen molar-refractivity contribution in [2.24, 2.45) is 0 Å². The zero-order valence-electron chi connectivity index (χ0n) is 73.4. The highest BCUT2D eigenvalue weighted by molar-refractivity contribution is 6.00. The van der Waals surface area contributed by atoms with Crippen LogP contribution in [-0.2, 0) is 30.9 Å². The van der Waals surface area contributed by atoms with Crippen molar-refractivity contribution in [3.63, 3.8) is 0 Å². The number of fused-ring (bicyclic) bond motifs is 4. The topological polar surface area (TPSA) is 314 Å². The van der Waals surface area contributed by atoms with E-state index in [-0.39, 0.29) is 30.7 Å². The number of alkyl halides is 1. The molecule has 0 fully saturated rings. The fourth-order valence-electron chi connectivity index (χ4n) is 14.6. The summed E-state index contributed by atoms with van der Waals surface area (Å²) in [5.74, 6) is 3.18. The summed E-state index contributed by atoms with van der Waals surface area (Å²) in [5.41, 5.74) is 16.5. The number of urea groups is 3. The lowest BCUT2D eigenvalue weighted by Gasteiger charge is -2.13. The molecule has 7 amide bonds. The van der Waals surface area contributed by atoms with Crippen molar-refractivity contribution in [3.05, 3.63) is 192 Å². The molecule has 648 valence electrons. The van der Waals surface area contributed by atoms with Gasteiger partial charge in [-0.05, 0) is 200 Å². The average molecular weight is 1680 g/mol. The Hall–Kier alpha value is -13.9. The molecule has 0 saturated heterocycles. The van der Waals surface area contributed by atoms with Crippen molar-refractivity contribution in [3.8, 4) is 92.3 Å². The maximum absolute atomic E-state index is 12.1. The van der Waals surface area contributed by atoms with Crippen molar-refractivity contribution in [1.82, 2.24) is 34.2 Å². The van der Waals surface area contributed by atoms with Gasteiger partial charge in [-0.1, -0.05) is 115 Å². The summed E-state index contributed by atoms with van der Waals surface area (Å²) in [6, 6.07) is 62.6. The van der Waals surface area contributed by atoms with E-state index in [9.17, 15) is 44.6 Å². The molecule has 0 aliphatic rings. The quantitative estimate of drug-likeness (QED) is 0.0182. The molecule has 0 radical (unpaired) electrons. The molecule has 7 N–H and O–H groups in total. The predicted molar refractivity (Wildman–Crippen MR) is 496 cm³/mol. The molecule has 0 bridgehead atoms. The Kier molecular flexibility index (Phi) is 36.3. The van der Waals surface area contributed by atoms with Gasteiger partial charge < -0.3 is 73.9 Å². The van der Waals surface area contributed by atoms with Crippen LogP contribution in [-0.4, -0.2) is 101 Å². The zero-order valence-corrected chi connectivity index (χ0v) is 73.4. The number of carbonyl (C=O) groups is 4. The monoisotopic (exact) mass is 1680 g/mol. The van der Waals surface area contributed by atoms with Crippen molar-refractivity contribution in [2.45, 2.75) is 180 Å². The molecule has 4 aromatic heterocycles. The van der Waals surface area contributed by atoms with Crippen LogP contribution in [0, 0.1) is 45.3 Å². The van der Waals surface area contributed by atoms with E-state index in [1.54, 1.807) is 12.1 Å². The van der Waals surface area contributed by atoms with Gasteiger partial charge in [0, 0.05) is 114 Å². The second kappa shape index (κ2) is 47.9. The van der Waals surface area contributed by atoms with Gasteiger partial charge in [0.2, 0.25) is 0 Å². The summed E-state index contributed by atoms with van der Waals surface area (Å²) in [5, 5.41) is 63.0. The number of aryl methyl sites for hydroxylation is 4. The first-order valence-electron chi connectivity index (χ1n) is 43.2. The van der Waals surface area contributed by atoms with Crippen LogP contribution < -0.4 is 56.2 Å². The van der Waals surface area contributed by atoms with Crippen LogP contribution in [0.5, 0.6) is 23.0 Å². The summed E-state index contributed by atoms with van der Waals surface area (Å²) in [4.78, 5) is 47.4. The van der Waals surface area contributed by atoms with E-state index in [0.29, 0.717) is 78.8 Å². The molecule has 0 aliphatic carbocycles. The molecule has 0 unspecified atom stereocenters. The molecule has 124 heavy (non-hydrogen) atoms. The minimum Gasteiger partial charge on any atom is -0.494 e. The highest BCUT2D eigenvalue weighted by atomic mass is 19.1. The Labute approximate surface area is 727 Å². The third kappa shape index (κ3) is 24.3. The number of aromatic nitrogens is 4. The van der Waals surface area contributed by atoms with E-state index in [0.717, 1.165) is 208 Å². The smallest absolute Gasteiger partial charge is 0.411 e. The summed E-state index contributed by atoms with van der Waals surface area (Å²) in [7, 11) is 0. The highest BCUT2D eigenvalue weighted by Gasteiger charge is 2.25. The van der Waals surface area contributed by atoms with Crippen LogP contribution in [0.1, 0.15) is 170 Å². The van der Waals surface area contributed by atoms with Gasteiger partial charge >= 0.3 is 24.2 Å². The van der Waals surface area contributed by atoms with Crippen LogP contribution in [0.25, 0.3) is 88.6 Å². The lowest BCUT2D eigenvalue weighted by Crippen LogP contribution is -2.34. The summed E-state index contributed by atoms with van der Waals surface area (Å²) in [6.45, 7) is 30.0. The predicted octanol–water partition coefficient (Wildman–Crippen LogP) is 23.6. The Morgan fingerprint density at radius 3 is 0.887 bits per heavy atom. The zero-order chi connectivity index (χ0) is 89.0. The van der Waals surface area contributed by atoms with Crippen molar-refractivity contribution in [2.75, 3.05) is 74.1 Å². The molecular formula is C99H116FN15O9. The van der Waals surface area contributed by atoms with Crippen LogP contribution in [0.3, 0.4) is 0 Å². The number of halogens is 1. The van der Waals surface area contributed by atoms with Gasteiger partial charge in [-0.2, -0.15) is 21.0 Å². The minimum atomic E-state index is -0.726. The standard InChI is InChI=1S/C26H32N4O2.C25H30N4O2.C24H26FN3O3.C24H28N4O2/c1-4-7-15-28-26(31)29-20-11-9-19(10-12-20)25-23(18-27)22-14-13-21(32-6-3)17-24(22)30(25)16-8-5-2;1-5-7-14-29-23-15-20(31-6-2)12-13-21(23)22(16-26)24(29)18-8-10-19(11-9-18)28-25(30)27-17(3)4;1-3-5-13-28-22-15-19(30-4-2)10-11-20(22)21(16-26)23(28)17-6-8-18(9-7-17)27-24(29)31-14-12-25;1-4-7-14-28-22-15-19(30-6-3)12-13-20(22)21(16-25)23(28)17-8-10-18(11-9-17)27-24(29)26-5-2/h9-14,17H,4-8,15-16H2,1-3H3,(H2,28,29,31);8-13,15,17H,5-7,14H2,1-4H3,(H2,27,28,30);6-11,15H,3-5,12-14H2,1-2H3,(H,27,29);8-13,15H,4-7,14H2,1-3H3,(H2,26,27,29). The summed E-state index contributed by atoms with van der Waals surface area (Å²) in [6.07, 6.45) is 9.49. The van der Waals surface area contributed by atoms with Crippen LogP contribution >= 0.6 is 0 Å². The average Bonchev–Trinajstić information content (AvgIpc) is 1.63. The third-order valence-electron chi connectivity index (χ3n) is 20.3.